The Kier molecular flexibility index (Phi) is 5.69. The van der Waals surface area contributed by atoms with Crippen LogP contribution in [-0.2, 0) is 4.79 Å². The summed E-state index contributed by atoms with van der Waals surface area (Å²) in [7, 11) is 3.05. The summed E-state index contributed by atoms with van der Waals surface area (Å²) in [4.78, 5) is 16.7. The van der Waals surface area contributed by atoms with Crippen LogP contribution in [0.4, 0.5) is 0 Å². The quantitative estimate of drug-likeness (QED) is 0.660. The SMILES string of the molecule is COc1ccc([C@@H](C#N)NC(=O)/C=C/c2nc3ccccc3s2)c(OC)c1. The van der Waals surface area contributed by atoms with Crippen LogP contribution in [0.2, 0.25) is 0 Å². The summed E-state index contributed by atoms with van der Waals surface area (Å²) < 4.78 is 11.5. The fraction of sp³-hybridized carbons (Fsp3) is 0.150. The van der Waals surface area contributed by atoms with E-state index in [2.05, 4.69) is 16.4 Å². The molecule has 3 rings (SSSR count). The molecule has 1 N–H and O–H groups in total. The number of para-hydroxylation sites is 1. The molecular formula is C20H17N3O3S. The van der Waals surface area contributed by atoms with Gasteiger partial charge in [-0.15, -0.1) is 11.3 Å². The maximum atomic E-state index is 12.3. The number of nitriles is 1. The number of methoxy groups -OCH3 is 2. The van der Waals surface area contributed by atoms with Crippen LogP contribution in [0.15, 0.2) is 48.5 Å². The predicted molar refractivity (Wildman–Crippen MR) is 105 cm³/mol. The number of benzene rings is 2. The van der Waals surface area contributed by atoms with Gasteiger partial charge in [0.15, 0.2) is 0 Å². The van der Waals surface area contributed by atoms with Gasteiger partial charge in [-0.3, -0.25) is 4.79 Å². The van der Waals surface area contributed by atoms with E-state index in [0.29, 0.717) is 17.1 Å². The maximum Gasteiger partial charge on any atom is 0.245 e. The molecule has 0 radical (unpaired) electrons. The molecule has 0 saturated heterocycles. The molecule has 1 aromatic heterocycles. The highest BCUT2D eigenvalue weighted by Gasteiger charge is 2.18. The minimum absolute atomic E-state index is 0.390. The topological polar surface area (TPSA) is 84.2 Å². The standard InChI is InChI=1S/C20H17N3O3S/c1-25-13-7-8-14(17(11-13)26-2)16(12-21)22-19(24)9-10-20-23-15-5-3-4-6-18(15)27-20/h3-11,16H,1-2H3,(H,22,24)/b10-9+/t16-/m1/s1. The fourth-order valence-corrected chi connectivity index (χ4v) is 3.41. The Labute approximate surface area is 160 Å². The van der Waals surface area contributed by atoms with Gasteiger partial charge in [-0.25, -0.2) is 4.98 Å². The van der Waals surface area contributed by atoms with E-state index in [0.717, 1.165) is 15.2 Å². The zero-order chi connectivity index (χ0) is 19.2. The molecule has 0 saturated carbocycles. The molecule has 0 aliphatic carbocycles. The summed E-state index contributed by atoms with van der Waals surface area (Å²) >= 11 is 1.49. The smallest absolute Gasteiger partial charge is 0.245 e. The number of ether oxygens (including phenoxy) is 2. The van der Waals surface area contributed by atoms with Crippen molar-refractivity contribution in [2.45, 2.75) is 6.04 Å². The molecule has 136 valence electrons. The number of aromatic nitrogens is 1. The number of hydrogen-bond acceptors (Lipinski definition) is 6. The predicted octanol–water partition coefficient (Wildman–Crippen LogP) is 3.71. The average Bonchev–Trinajstić information content (AvgIpc) is 3.13. The van der Waals surface area contributed by atoms with Crippen LogP contribution in [0.3, 0.4) is 0 Å². The minimum Gasteiger partial charge on any atom is -0.497 e. The van der Waals surface area contributed by atoms with E-state index in [9.17, 15) is 10.1 Å². The highest BCUT2D eigenvalue weighted by Crippen LogP contribution is 2.29. The van der Waals surface area contributed by atoms with Gasteiger partial charge in [0.2, 0.25) is 5.91 Å². The molecule has 27 heavy (non-hydrogen) atoms. The number of fused-ring (bicyclic) bond motifs is 1. The first-order chi connectivity index (χ1) is 13.1. The third-order valence-electron chi connectivity index (χ3n) is 3.86. The molecule has 2 aromatic carbocycles. The molecule has 1 atom stereocenters. The third-order valence-corrected chi connectivity index (χ3v) is 4.86. The molecule has 0 unspecified atom stereocenters. The second-order valence-electron chi connectivity index (χ2n) is 5.53. The Bertz CT molecular complexity index is 1000. The van der Waals surface area contributed by atoms with E-state index >= 15 is 0 Å². The normalized spacial score (nSPS) is 11.9. The van der Waals surface area contributed by atoms with Crippen LogP contribution >= 0.6 is 11.3 Å². The van der Waals surface area contributed by atoms with Gasteiger partial charge in [-0.1, -0.05) is 12.1 Å². The van der Waals surface area contributed by atoms with E-state index in [1.54, 1.807) is 31.4 Å². The third kappa shape index (κ3) is 4.25. The summed E-state index contributed by atoms with van der Waals surface area (Å²) in [5.74, 6) is 0.685. The van der Waals surface area contributed by atoms with Crippen LogP contribution in [-0.4, -0.2) is 25.1 Å². The zero-order valence-electron chi connectivity index (χ0n) is 14.8. The monoisotopic (exact) mass is 379 g/mol. The highest BCUT2D eigenvalue weighted by molar-refractivity contribution is 7.19. The van der Waals surface area contributed by atoms with E-state index in [1.165, 1.54) is 24.5 Å². The van der Waals surface area contributed by atoms with Gasteiger partial charge in [0.25, 0.3) is 0 Å². The second kappa shape index (κ2) is 8.34. The van der Waals surface area contributed by atoms with Crippen molar-refractivity contribution in [1.82, 2.24) is 10.3 Å². The average molecular weight is 379 g/mol. The van der Waals surface area contributed by atoms with Crippen LogP contribution < -0.4 is 14.8 Å². The number of hydrogen-bond donors (Lipinski definition) is 1. The first kappa shape index (κ1) is 18.4. The van der Waals surface area contributed by atoms with Crippen molar-refractivity contribution >= 4 is 33.5 Å². The first-order valence-electron chi connectivity index (χ1n) is 8.10. The zero-order valence-corrected chi connectivity index (χ0v) is 15.6. The van der Waals surface area contributed by atoms with Crippen molar-refractivity contribution in [3.8, 4) is 17.6 Å². The largest absolute Gasteiger partial charge is 0.497 e. The number of carbonyl (C=O) groups is 1. The van der Waals surface area contributed by atoms with Crippen molar-refractivity contribution in [2.24, 2.45) is 0 Å². The van der Waals surface area contributed by atoms with E-state index in [4.69, 9.17) is 9.47 Å². The van der Waals surface area contributed by atoms with Crippen LogP contribution in [0.5, 0.6) is 11.5 Å². The maximum absolute atomic E-state index is 12.3. The first-order valence-corrected chi connectivity index (χ1v) is 8.92. The van der Waals surface area contributed by atoms with Gasteiger partial charge >= 0.3 is 0 Å². The van der Waals surface area contributed by atoms with Crippen molar-refractivity contribution in [2.75, 3.05) is 14.2 Å². The van der Waals surface area contributed by atoms with E-state index < -0.39 is 11.9 Å². The lowest BCUT2D eigenvalue weighted by molar-refractivity contribution is -0.116. The summed E-state index contributed by atoms with van der Waals surface area (Å²) in [6.07, 6.45) is 3.01. The molecule has 1 heterocycles. The lowest BCUT2D eigenvalue weighted by atomic mass is 10.1. The molecule has 0 aliphatic heterocycles. The number of amides is 1. The molecule has 6 nitrogen and oxygen atoms in total. The van der Waals surface area contributed by atoms with E-state index in [1.807, 2.05) is 24.3 Å². The van der Waals surface area contributed by atoms with Crippen molar-refractivity contribution in [3.63, 3.8) is 0 Å². The molecule has 0 aliphatic rings. The summed E-state index contributed by atoms with van der Waals surface area (Å²) in [5, 5.41) is 12.9. The van der Waals surface area contributed by atoms with E-state index in [-0.39, 0.29) is 0 Å². The molecule has 0 spiro atoms. The molecule has 0 fully saturated rings. The van der Waals surface area contributed by atoms with Gasteiger partial charge in [0, 0.05) is 17.7 Å². The molecule has 1 amide bonds. The summed E-state index contributed by atoms with van der Waals surface area (Å²) in [6.45, 7) is 0. The van der Waals surface area contributed by atoms with Gasteiger partial charge in [0.05, 0.1) is 30.5 Å². The second-order valence-corrected chi connectivity index (χ2v) is 6.59. The Morgan fingerprint density at radius 1 is 1.26 bits per heavy atom. The molecular weight excluding hydrogens is 362 g/mol. The van der Waals surface area contributed by atoms with Gasteiger partial charge in [0.1, 0.15) is 22.5 Å². The number of nitrogens with one attached hydrogen (secondary N) is 1. The lowest BCUT2D eigenvalue weighted by Crippen LogP contribution is -2.26. The van der Waals surface area contributed by atoms with Crippen LogP contribution in [0, 0.1) is 11.3 Å². The highest BCUT2D eigenvalue weighted by atomic mass is 32.1. The van der Waals surface area contributed by atoms with Crippen LogP contribution in [0.1, 0.15) is 16.6 Å². The number of carbonyl (C=O) groups excluding carboxylic acids is 1. The van der Waals surface area contributed by atoms with Crippen molar-refractivity contribution in [1.29, 1.82) is 5.26 Å². The fourth-order valence-electron chi connectivity index (χ4n) is 2.54. The minimum atomic E-state index is -0.849. The molecule has 3 aromatic rings. The molecule has 7 heteroatoms. The number of rotatable bonds is 6. The summed E-state index contributed by atoms with van der Waals surface area (Å²) in [6, 6.07) is 14.1. The van der Waals surface area contributed by atoms with Gasteiger partial charge in [-0.05, 0) is 30.3 Å². The van der Waals surface area contributed by atoms with Gasteiger partial charge in [-0.2, -0.15) is 5.26 Å². The Morgan fingerprint density at radius 2 is 2.07 bits per heavy atom. The van der Waals surface area contributed by atoms with Crippen LogP contribution in [0.25, 0.3) is 16.3 Å². The molecule has 0 bridgehead atoms. The Hall–Kier alpha value is -3.37. The lowest BCUT2D eigenvalue weighted by Gasteiger charge is -2.15. The van der Waals surface area contributed by atoms with Crippen molar-refractivity contribution in [3.05, 3.63) is 59.1 Å². The Morgan fingerprint density at radius 3 is 2.78 bits per heavy atom. The number of thiazole rings is 1. The number of nitrogens with zero attached hydrogens (tertiary/aromatic N) is 2. The van der Waals surface area contributed by atoms with Gasteiger partial charge < -0.3 is 14.8 Å². The summed E-state index contributed by atoms with van der Waals surface area (Å²) in [5.41, 5.74) is 1.45. The Balaban J connectivity index is 1.74. The van der Waals surface area contributed by atoms with Crippen molar-refractivity contribution < 1.29 is 14.3 Å².